The van der Waals surface area contributed by atoms with Crippen LogP contribution in [0, 0.1) is 0 Å². The third-order valence-electron chi connectivity index (χ3n) is 3.87. The van der Waals surface area contributed by atoms with Crippen LogP contribution >= 0.6 is 11.6 Å². The van der Waals surface area contributed by atoms with Crippen LogP contribution in [0.1, 0.15) is 22.8 Å². The van der Waals surface area contributed by atoms with Crippen molar-refractivity contribution in [2.75, 3.05) is 10.6 Å². The van der Waals surface area contributed by atoms with E-state index in [0.29, 0.717) is 22.1 Å². The number of carbonyl (C=O) groups excluding carboxylic acids is 2. The van der Waals surface area contributed by atoms with Gasteiger partial charge in [0.05, 0.1) is 18.3 Å². The summed E-state index contributed by atoms with van der Waals surface area (Å²) in [4.78, 5) is 27.9. The largest absolute Gasteiger partial charge is 0.340 e. The van der Waals surface area contributed by atoms with E-state index in [4.69, 9.17) is 11.6 Å². The Balaban J connectivity index is 1.60. The monoisotopic (exact) mass is 379 g/mol. The zero-order chi connectivity index (χ0) is 19.2. The van der Waals surface area contributed by atoms with Crippen LogP contribution in [0.5, 0.6) is 0 Å². The minimum Gasteiger partial charge on any atom is -0.340 e. The molecule has 3 aromatic rings. The highest BCUT2D eigenvalue weighted by atomic mass is 35.5. The van der Waals surface area contributed by atoms with Gasteiger partial charge in [-0.1, -0.05) is 35.9 Å². The number of benzene rings is 2. The van der Waals surface area contributed by atoms with Crippen LogP contribution in [0.15, 0.2) is 66.9 Å². The van der Waals surface area contributed by atoms with Crippen LogP contribution in [-0.4, -0.2) is 16.7 Å². The predicted molar refractivity (Wildman–Crippen MR) is 108 cm³/mol. The molecule has 0 saturated heterocycles. The van der Waals surface area contributed by atoms with Crippen molar-refractivity contribution in [2.45, 2.75) is 13.3 Å². The average molecular weight is 380 g/mol. The summed E-state index contributed by atoms with van der Waals surface area (Å²) in [5.74, 6) is 0.491. The van der Waals surface area contributed by atoms with Crippen LogP contribution in [0.25, 0.3) is 0 Å². The number of pyridine rings is 1. The lowest BCUT2D eigenvalue weighted by Crippen LogP contribution is -2.14. The fourth-order valence-corrected chi connectivity index (χ4v) is 2.62. The van der Waals surface area contributed by atoms with Crippen molar-refractivity contribution < 1.29 is 9.59 Å². The Bertz CT molecular complexity index is 954. The molecule has 0 aliphatic rings. The summed E-state index contributed by atoms with van der Waals surface area (Å²) < 4.78 is 0. The van der Waals surface area contributed by atoms with Crippen LogP contribution < -0.4 is 10.6 Å². The van der Waals surface area contributed by atoms with Crippen molar-refractivity contribution >= 4 is 40.5 Å². The van der Waals surface area contributed by atoms with Gasteiger partial charge in [-0.3, -0.25) is 9.59 Å². The van der Waals surface area contributed by atoms with Crippen molar-refractivity contribution in [1.82, 2.24) is 4.98 Å². The number of rotatable bonds is 6. The Morgan fingerprint density at radius 3 is 2.44 bits per heavy atom. The number of amides is 1. The maximum absolute atomic E-state index is 12.1. The third kappa shape index (κ3) is 5.39. The molecule has 0 bridgehead atoms. The molecule has 2 aromatic carbocycles. The molecule has 0 atom stereocenters. The number of hydrogen-bond donors (Lipinski definition) is 2. The molecular formula is C21H18ClN3O2. The second-order valence-corrected chi connectivity index (χ2v) is 6.48. The van der Waals surface area contributed by atoms with Gasteiger partial charge in [0.25, 0.3) is 0 Å². The highest BCUT2D eigenvalue weighted by Crippen LogP contribution is 2.18. The highest BCUT2D eigenvalue weighted by Gasteiger charge is 2.06. The first-order valence-electron chi connectivity index (χ1n) is 8.38. The molecule has 0 saturated carbocycles. The highest BCUT2D eigenvalue weighted by molar-refractivity contribution is 6.30. The molecule has 136 valence electrons. The topological polar surface area (TPSA) is 71.1 Å². The zero-order valence-electron chi connectivity index (χ0n) is 14.7. The summed E-state index contributed by atoms with van der Waals surface area (Å²) in [6.45, 7) is 1.53. The van der Waals surface area contributed by atoms with E-state index < -0.39 is 0 Å². The van der Waals surface area contributed by atoms with Gasteiger partial charge >= 0.3 is 0 Å². The van der Waals surface area contributed by atoms with Gasteiger partial charge in [0.2, 0.25) is 5.91 Å². The second kappa shape index (κ2) is 8.47. The summed E-state index contributed by atoms with van der Waals surface area (Å²) >= 11 is 5.84. The SMILES string of the molecule is CC(=O)c1cccc(Nc2ccc(NC(=O)Cc3ccc(Cl)cc3)cn2)c1. The van der Waals surface area contributed by atoms with Gasteiger partial charge in [-0.25, -0.2) is 4.98 Å². The first kappa shape index (κ1) is 18.6. The number of aromatic nitrogens is 1. The fourth-order valence-electron chi connectivity index (χ4n) is 2.50. The van der Waals surface area contributed by atoms with Gasteiger partial charge in [0.1, 0.15) is 5.82 Å². The summed E-state index contributed by atoms with van der Waals surface area (Å²) in [5.41, 5.74) is 2.89. The number of ketones is 1. The van der Waals surface area contributed by atoms with E-state index in [0.717, 1.165) is 11.3 Å². The molecule has 5 nitrogen and oxygen atoms in total. The molecule has 27 heavy (non-hydrogen) atoms. The number of nitrogens with one attached hydrogen (secondary N) is 2. The molecule has 6 heteroatoms. The molecule has 1 amide bonds. The molecule has 0 radical (unpaired) electrons. The lowest BCUT2D eigenvalue weighted by atomic mass is 10.1. The maximum Gasteiger partial charge on any atom is 0.228 e. The Kier molecular flexibility index (Phi) is 5.84. The first-order valence-corrected chi connectivity index (χ1v) is 8.76. The van der Waals surface area contributed by atoms with Crippen molar-refractivity contribution in [3.63, 3.8) is 0 Å². The van der Waals surface area contributed by atoms with E-state index >= 15 is 0 Å². The first-order chi connectivity index (χ1) is 13.0. The smallest absolute Gasteiger partial charge is 0.228 e. The minimum absolute atomic E-state index is 0.00496. The third-order valence-corrected chi connectivity index (χ3v) is 4.12. The Morgan fingerprint density at radius 1 is 1.00 bits per heavy atom. The van der Waals surface area contributed by atoms with Crippen LogP contribution in [0.4, 0.5) is 17.2 Å². The lowest BCUT2D eigenvalue weighted by molar-refractivity contribution is -0.115. The lowest BCUT2D eigenvalue weighted by Gasteiger charge is -2.09. The zero-order valence-corrected chi connectivity index (χ0v) is 15.5. The summed E-state index contributed by atoms with van der Waals surface area (Å²) in [5, 5.41) is 6.59. The van der Waals surface area contributed by atoms with Crippen LogP contribution in [0.2, 0.25) is 5.02 Å². The molecule has 0 spiro atoms. The number of halogens is 1. The van der Waals surface area contributed by atoms with E-state index in [1.54, 1.807) is 42.6 Å². The van der Waals surface area contributed by atoms with E-state index in [1.807, 2.05) is 24.3 Å². The summed E-state index contributed by atoms with van der Waals surface area (Å²) in [7, 11) is 0. The normalized spacial score (nSPS) is 10.3. The van der Waals surface area contributed by atoms with Gasteiger partial charge in [-0.2, -0.15) is 0 Å². The van der Waals surface area contributed by atoms with E-state index in [9.17, 15) is 9.59 Å². The average Bonchev–Trinajstić information content (AvgIpc) is 2.65. The summed E-state index contributed by atoms with van der Waals surface area (Å²) in [6, 6.07) is 17.9. The van der Waals surface area contributed by atoms with E-state index in [-0.39, 0.29) is 18.1 Å². The Morgan fingerprint density at radius 2 is 1.78 bits per heavy atom. The number of Topliss-reactive ketones (excluding diaryl/α,β-unsaturated/α-hetero) is 1. The number of carbonyl (C=O) groups is 2. The van der Waals surface area contributed by atoms with Gasteiger partial charge in [-0.15, -0.1) is 0 Å². The predicted octanol–water partition coefficient (Wildman–Crippen LogP) is 4.86. The Labute approximate surface area is 162 Å². The maximum atomic E-state index is 12.1. The molecule has 0 unspecified atom stereocenters. The number of anilines is 3. The second-order valence-electron chi connectivity index (χ2n) is 6.05. The molecule has 0 fully saturated rings. The Hall–Kier alpha value is -3.18. The number of hydrogen-bond acceptors (Lipinski definition) is 4. The quantitative estimate of drug-likeness (QED) is 0.600. The van der Waals surface area contributed by atoms with Crippen molar-refractivity contribution in [1.29, 1.82) is 0 Å². The molecule has 0 aliphatic heterocycles. The molecule has 3 rings (SSSR count). The van der Waals surface area contributed by atoms with Crippen LogP contribution in [0.3, 0.4) is 0 Å². The summed E-state index contributed by atoms with van der Waals surface area (Å²) in [6.07, 6.45) is 1.84. The van der Waals surface area contributed by atoms with E-state index in [1.165, 1.54) is 6.92 Å². The van der Waals surface area contributed by atoms with E-state index in [2.05, 4.69) is 15.6 Å². The molecule has 2 N–H and O–H groups in total. The van der Waals surface area contributed by atoms with Gasteiger partial charge in [0.15, 0.2) is 5.78 Å². The minimum atomic E-state index is -0.131. The molecule has 1 aromatic heterocycles. The van der Waals surface area contributed by atoms with Gasteiger partial charge in [0, 0.05) is 16.3 Å². The van der Waals surface area contributed by atoms with Crippen molar-refractivity contribution in [3.8, 4) is 0 Å². The molecule has 0 aliphatic carbocycles. The molecular weight excluding hydrogens is 362 g/mol. The molecule has 1 heterocycles. The van der Waals surface area contributed by atoms with Crippen molar-refractivity contribution in [3.05, 3.63) is 83.0 Å². The van der Waals surface area contributed by atoms with Crippen molar-refractivity contribution in [2.24, 2.45) is 0 Å². The fraction of sp³-hybridized carbons (Fsp3) is 0.0952. The van der Waals surface area contributed by atoms with Gasteiger partial charge < -0.3 is 10.6 Å². The van der Waals surface area contributed by atoms with Gasteiger partial charge in [-0.05, 0) is 48.9 Å². The standard InChI is InChI=1S/C21H18ClN3O2/c1-14(26)16-3-2-4-18(12-16)24-20-10-9-19(13-23-20)25-21(27)11-15-5-7-17(22)8-6-15/h2-10,12-13H,11H2,1H3,(H,23,24)(H,25,27). The van der Waals surface area contributed by atoms with Crippen LogP contribution in [-0.2, 0) is 11.2 Å². The number of nitrogens with zero attached hydrogens (tertiary/aromatic N) is 1.